The van der Waals surface area contributed by atoms with Gasteiger partial charge in [-0.2, -0.15) is 0 Å². The molecule has 0 spiro atoms. The molecule has 0 radical (unpaired) electrons. The molecule has 0 heterocycles. The Balaban J connectivity index is 2.66. The Bertz CT molecular complexity index is 338. The third-order valence-corrected chi connectivity index (χ3v) is 3.08. The minimum atomic E-state index is -0.421. The highest BCUT2D eigenvalue weighted by Gasteiger charge is 2.07. The van der Waals surface area contributed by atoms with Gasteiger partial charge in [-0.05, 0) is 31.0 Å². The predicted molar refractivity (Wildman–Crippen MR) is 77.7 cm³/mol. The Kier molecular flexibility index (Phi) is 7.48. The third kappa shape index (κ3) is 5.59. The van der Waals surface area contributed by atoms with Crippen LogP contribution in [0.15, 0.2) is 24.3 Å². The van der Waals surface area contributed by atoms with Gasteiger partial charge in [0.2, 0.25) is 0 Å². The van der Waals surface area contributed by atoms with Gasteiger partial charge >= 0.3 is 0 Å². The number of nitrogens with zero attached hydrogens (tertiary/aromatic N) is 1. The Labute approximate surface area is 115 Å². The molecule has 1 atom stereocenters. The van der Waals surface area contributed by atoms with E-state index in [1.165, 1.54) is 0 Å². The lowest BCUT2D eigenvalue weighted by molar-refractivity contribution is 0.191. The highest BCUT2D eigenvalue weighted by Crippen LogP contribution is 2.19. The number of ether oxygens (including phenoxy) is 2. The number of benzene rings is 1. The summed E-state index contributed by atoms with van der Waals surface area (Å²) in [6.07, 6.45) is 0.563. The van der Waals surface area contributed by atoms with Gasteiger partial charge in [0.1, 0.15) is 0 Å². The number of aliphatic hydroxyl groups is 1. The second-order valence-corrected chi connectivity index (χ2v) is 4.59. The van der Waals surface area contributed by atoms with Gasteiger partial charge in [0, 0.05) is 39.6 Å². The first-order chi connectivity index (χ1) is 9.19. The Morgan fingerprint density at radius 2 is 1.68 bits per heavy atom. The van der Waals surface area contributed by atoms with E-state index in [-0.39, 0.29) is 0 Å². The van der Waals surface area contributed by atoms with Crippen LogP contribution >= 0.6 is 0 Å². The van der Waals surface area contributed by atoms with E-state index in [0.29, 0.717) is 6.61 Å². The third-order valence-electron chi connectivity index (χ3n) is 3.08. The molecule has 1 aromatic carbocycles. The smallest absolute Gasteiger partial charge is 0.0761 e. The second-order valence-electron chi connectivity index (χ2n) is 4.59. The topological polar surface area (TPSA) is 41.9 Å². The van der Waals surface area contributed by atoms with Gasteiger partial charge in [0.05, 0.1) is 12.7 Å². The van der Waals surface area contributed by atoms with Gasteiger partial charge in [0.25, 0.3) is 0 Å². The van der Waals surface area contributed by atoms with Crippen LogP contribution < -0.4 is 4.90 Å². The molecule has 0 fully saturated rings. The average Bonchev–Trinajstić information content (AvgIpc) is 2.43. The quantitative estimate of drug-likeness (QED) is 0.697. The summed E-state index contributed by atoms with van der Waals surface area (Å²) in [7, 11) is 3.43. The first kappa shape index (κ1) is 16.0. The zero-order valence-electron chi connectivity index (χ0n) is 12.1. The molecule has 1 N–H and O–H groups in total. The molecule has 0 aliphatic rings. The molecule has 0 unspecified atom stereocenters. The number of hydrogen-bond acceptors (Lipinski definition) is 4. The van der Waals surface area contributed by atoms with Crippen LogP contribution in [0, 0.1) is 0 Å². The minimum Gasteiger partial charge on any atom is -0.389 e. The van der Waals surface area contributed by atoms with Crippen LogP contribution in [-0.4, -0.2) is 45.6 Å². The zero-order valence-corrected chi connectivity index (χ0v) is 12.1. The van der Waals surface area contributed by atoms with Crippen LogP contribution in [-0.2, 0) is 9.47 Å². The van der Waals surface area contributed by atoms with Crippen molar-refractivity contribution in [1.29, 1.82) is 0 Å². The van der Waals surface area contributed by atoms with Crippen molar-refractivity contribution >= 4 is 5.69 Å². The maximum absolute atomic E-state index is 9.52. The van der Waals surface area contributed by atoms with Crippen LogP contribution in [0.3, 0.4) is 0 Å². The van der Waals surface area contributed by atoms with Crippen LogP contribution in [0.2, 0.25) is 0 Å². The van der Waals surface area contributed by atoms with Gasteiger partial charge < -0.3 is 19.5 Å². The van der Waals surface area contributed by atoms with Crippen molar-refractivity contribution in [3.8, 4) is 0 Å². The van der Waals surface area contributed by atoms with E-state index >= 15 is 0 Å². The number of hydrogen-bond donors (Lipinski definition) is 1. The molecule has 108 valence electrons. The van der Waals surface area contributed by atoms with Crippen molar-refractivity contribution in [3.63, 3.8) is 0 Å². The number of rotatable bonds is 9. The number of aliphatic hydroxyl groups excluding tert-OH is 1. The molecule has 0 bridgehead atoms. The van der Waals surface area contributed by atoms with E-state index in [0.717, 1.165) is 37.4 Å². The zero-order chi connectivity index (χ0) is 14.1. The number of methoxy groups -OCH3 is 2. The monoisotopic (exact) mass is 267 g/mol. The lowest BCUT2D eigenvalue weighted by atomic mass is 10.1. The summed E-state index contributed by atoms with van der Waals surface area (Å²) in [4.78, 5) is 2.27. The van der Waals surface area contributed by atoms with Crippen LogP contribution in [0.25, 0.3) is 0 Å². The second kappa shape index (κ2) is 8.91. The van der Waals surface area contributed by atoms with Crippen molar-refractivity contribution in [2.45, 2.75) is 19.4 Å². The summed E-state index contributed by atoms with van der Waals surface area (Å²) in [6, 6.07) is 8.03. The van der Waals surface area contributed by atoms with Gasteiger partial charge in [-0.1, -0.05) is 12.1 Å². The summed E-state index contributed by atoms with van der Waals surface area (Å²) < 4.78 is 10.2. The molecule has 0 aliphatic carbocycles. The summed E-state index contributed by atoms with van der Waals surface area (Å²) in [5.41, 5.74) is 2.09. The summed E-state index contributed by atoms with van der Waals surface area (Å²) >= 11 is 0. The molecule has 1 rings (SSSR count). The van der Waals surface area contributed by atoms with Crippen molar-refractivity contribution in [1.82, 2.24) is 0 Å². The van der Waals surface area contributed by atoms with Crippen molar-refractivity contribution < 1.29 is 14.6 Å². The van der Waals surface area contributed by atoms with Gasteiger partial charge in [-0.25, -0.2) is 0 Å². The standard InChI is InChI=1S/C15H25NO3/c1-13(17)14-5-7-15(8-6-14)16(10-12-19-3)9-4-11-18-2/h5-8,13,17H,4,9-12H2,1-3H3/t13-/m0/s1. The molecular formula is C15H25NO3. The molecule has 0 saturated carbocycles. The maximum atomic E-state index is 9.52. The maximum Gasteiger partial charge on any atom is 0.0761 e. The molecule has 4 nitrogen and oxygen atoms in total. The van der Waals surface area contributed by atoms with Crippen LogP contribution in [0.5, 0.6) is 0 Å². The normalized spacial score (nSPS) is 12.4. The van der Waals surface area contributed by atoms with Crippen LogP contribution in [0.1, 0.15) is 25.0 Å². The Morgan fingerprint density at radius 1 is 1.05 bits per heavy atom. The Morgan fingerprint density at radius 3 is 2.21 bits per heavy atom. The van der Waals surface area contributed by atoms with Crippen molar-refractivity contribution in [2.75, 3.05) is 45.4 Å². The summed E-state index contributed by atoms with van der Waals surface area (Å²) in [5, 5.41) is 9.52. The van der Waals surface area contributed by atoms with Gasteiger partial charge in [-0.15, -0.1) is 0 Å². The first-order valence-electron chi connectivity index (χ1n) is 6.70. The number of anilines is 1. The summed E-state index contributed by atoms with van der Waals surface area (Å²) in [6.45, 7) is 5.02. The SMILES string of the molecule is COCCCN(CCOC)c1ccc([C@H](C)O)cc1. The molecule has 4 heteroatoms. The highest BCUT2D eigenvalue weighted by molar-refractivity contribution is 5.47. The lowest BCUT2D eigenvalue weighted by Crippen LogP contribution is -2.29. The molecule has 1 aromatic rings. The molecule has 0 amide bonds. The van der Waals surface area contributed by atoms with E-state index in [1.807, 2.05) is 24.3 Å². The highest BCUT2D eigenvalue weighted by atomic mass is 16.5. The first-order valence-corrected chi connectivity index (χ1v) is 6.70. The van der Waals surface area contributed by atoms with E-state index in [1.54, 1.807) is 21.1 Å². The van der Waals surface area contributed by atoms with Gasteiger partial charge in [0.15, 0.2) is 0 Å². The van der Waals surface area contributed by atoms with E-state index in [9.17, 15) is 5.11 Å². The fourth-order valence-corrected chi connectivity index (χ4v) is 1.93. The Hall–Kier alpha value is -1.10. The molecular weight excluding hydrogens is 242 g/mol. The lowest BCUT2D eigenvalue weighted by Gasteiger charge is -2.25. The average molecular weight is 267 g/mol. The van der Waals surface area contributed by atoms with E-state index in [4.69, 9.17) is 9.47 Å². The van der Waals surface area contributed by atoms with Crippen molar-refractivity contribution in [3.05, 3.63) is 29.8 Å². The fourth-order valence-electron chi connectivity index (χ4n) is 1.93. The van der Waals surface area contributed by atoms with Crippen LogP contribution in [0.4, 0.5) is 5.69 Å². The molecule has 0 aromatic heterocycles. The minimum absolute atomic E-state index is 0.421. The van der Waals surface area contributed by atoms with E-state index in [2.05, 4.69) is 4.90 Å². The fraction of sp³-hybridized carbons (Fsp3) is 0.600. The molecule has 0 aliphatic heterocycles. The van der Waals surface area contributed by atoms with E-state index < -0.39 is 6.10 Å². The summed E-state index contributed by atoms with van der Waals surface area (Å²) in [5.74, 6) is 0. The predicted octanol–water partition coefficient (Wildman–Crippen LogP) is 2.23. The molecule has 19 heavy (non-hydrogen) atoms. The molecule has 0 saturated heterocycles. The largest absolute Gasteiger partial charge is 0.389 e. The van der Waals surface area contributed by atoms with Crippen molar-refractivity contribution in [2.24, 2.45) is 0 Å². The van der Waals surface area contributed by atoms with Gasteiger partial charge in [-0.3, -0.25) is 0 Å².